The van der Waals surface area contributed by atoms with Crippen LogP contribution in [0.1, 0.15) is 51.5 Å². The molecule has 1 aromatic heterocycles. The first kappa shape index (κ1) is 14.0. The zero-order valence-electron chi connectivity index (χ0n) is 10.6. The Bertz CT molecular complexity index is 314. The van der Waals surface area contributed by atoms with Gasteiger partial charge in [0.05, 0.1) is 5.02 Å². The van der Waals surface area contributed by atoms with Crippen molar-refractivity contribution >= 4 is 22.9 Å². The van der Waals surface area contributed by atoms with E-state index in [1.807, 2.05) is 6.07 Å². The molecule has 16 heavy (non-hydrogen) atoms. The summed E-state index contributed by atoms with van der Waals surface area (Å²) in [5.74, 6) is 0. The fraction of sp³-hybridized carbons (Fsp3) is 0.692. The highest BCUT2D eigenvalue weighted by Gasteiger charge is 2.22. The minimum absolute atomic E-state index is 0.318. The van der Waals surface area contributed by atoms with Crippen LogP contribution in [0.25, 0.3) is 0 Å². The fourth-order valence-corrected chi connectivity index (χ4v) is 3.01. The first-order chi connectivity index (χ1) is 7.44. The molecule has 1 unspecified atom stereocenters. The molecular weight excluding hydrogens is 238 g/mol. The molecule has 0 amide bonds. The van der Waals surface area contributed by atoms with E-state index in [0.29, 0.717) is 11.5 Å². The molecule has 0 aliphatic carbocycles. The van der Waals surface area contributed by atoms with Gasteiger partial charge in [0, 0.05) is 10.9 Å². The number of rotatable bonds is 5. The fourth-order valence-electron chi connectivity index (χ4n) is 1.74. The molecule has 3 heteroatoms. The Hall–Kier alpha value is -0.0500. The van der Waals surface area contributed by atoms with Gasteiger partial charge in [0.1, 0.15) is 0 Å². The molecule has 0 radical (unpaired) electrons. The van der Waals surface area contributed by atoms with Gasteiger partial charge in [-0.1, -0.05) is 39.3 Å². The minimum Gasteiger partial charge on any atom is -0.309 e. The molecule has 0 fully saturated rings. The summed E-state index contributed by atoms with van der Waals surface area (Å²) in [5.41, 5.74) is 0.318. The molecule has 1 aromatic rings. The highest BCUT2D eigenvalue weighted by atomic mass is 35.5. The summed E-state index contributed by atoms with van der Waals surface area (Å²) in [7, 11) is 0. The average molecular weight is 260 g/mol. The molecule has 1 heterocycles. The van der Waals surface area contributed by atoms with Gasteiger partial charge in [-0.2, -0.15) is 0 Å². The highest BCUT2D eigenvalue weighted by molar-refractivity contribution is 7.10. The molecule has 0 spiro atoms. The average Bonchev–Trinajstić information content (AvgIpc) is 2.57. The van der Waals surface area contributed by atoms with Crippen molar-refractivity contribution in [3.8, 4) is 0 Å². The number of halogens is 1. The lowest BCUT2D eigenvalue weighted by Crippen LogP contribution is -2.26. The van der Waals surface area contributed by atoms with Gasteiger partial charge in [0.2, 0.25) is 0 Å². The monoisotopic (exact) mass is 259 g/mol. The molecule has 0 aliphatic rings. The van der Waals surface area contributed by atoms with Crippen molar-refractivity contribution in [3.63, 3.8) is 0 Å². The van der Waals surface area contributed by atoms with Gasteiger partial charge in [0.15, 0.2) is 0 Å². The van der Waals surface area contributed by atoms with E-state index in [2.05, 4.69) is 38.4 Å². The quantitative estimate of drug-likeness (QED) is 0.795. The lowest BCUT2D eigenvalue weighted by atomic mass is 9.87. The second kappa shape index (κ2) is 6.04. The van der Waals surface area contributed by atoms with E-state index >= 15 is 0 Å². The number of thiophene rings is 1. The Morgan fingerprint density at radius 3 is 2.56 bits per heavy atom. The highest BCUT2D eigenvalue weighted by Crippen LogP contribution is 2.35. The Morgan fingerprint density at radius 1 is 1.44 bits per heavy atom. The van der Waals surface area contributed by atoms with Crippen molar-refractivity contribution < 1.29 is 0 Å². The van der Waals surface area contributed by atoms with Crippen LogP contribution < -0.4 is 5.32 Å². The van der Waals surface area contributed by atoms with Crippen LogP contribution in [-0.2, 0) is 0 Å². The standard InChI is InChI=1S/C13H22ClNS/c1-5-7-15-11(9-13(2,3)4)12-10(14)6-8-16-12/h6,8,11,15H,5,7,9H2,1-4H3. The summed E-state index contributed by atoms with van der Waals surface area (Å²) in [4.78, 5) is 1.28. The van der Waals surface area contributed by atoms with E-state index in [4.69, 9.17) is 11.6 Å². The van der Waals surface area contributed by atoms with Crippen molar-refractivity contribution in [2.24, 2.45) is 5.41 Å². The molecule has 0 bridgehead atoms. The van der Waals surface area contributed by atoms with Gasteiger partial charge in [0.25, 0.3) is 0 Å². The first-order valence-corrected chi connectivity index (χ1v) is 7.16. The molecule has 1 N–H and O–H groups in total. The van der Waals surface area contributed by atoms with Crippen molar-refractivity contribution in [2.75, 3.05) is 6.54 Å². The largest absolute Gasteiger partial charge is 0.309 e. The van der Waals surface area contributed by atoms with E-state index in [1.165, 1.54) is 4.88 Å². The van der Waals surface area contributed by atoms with E-state index in [0.717, 1.165) is 24.4 Å². The van der Waals surface area contributed by atoms with Crippen LogP contribution in [-0.4, -0.2) is 6.54 Å². The lowest BCUT2D eigenvalue weighted by molar-refractivity contribution is 0.314. The van der Waals surface area contributed by atoms with Gasteiger partial charge >= 0.3 is 0 Å². The van der Waals surface area contributed by atoms with Gasteiger partial charge in [-0.25, -0.2) is 0 Å². The smallest absolute Gasteiger partial charge is 0.0561 e. The van der Waals surface area contributed by atoms with Gasteiger partial charge in [-0.05, 0) is 36.2 Å². The predicted molar refractivity (Wildman–Crippen MR) is 74.4 cm³/mol. The van der Waals surface area contributed by atoms with Crippen LogP contribution in [0.3, 0.4) is 0 Å². The van der Waals surface area contributed by atoms with E-state index in [1.54, 1.807) is 11.3 Å². The molecule has 0 aliphatic heterocycles. The van der Waals surface area contributed by atoms with Gasteiger partial charge in [-0.15, -0.1) is 11.3 Å². The topological polar surface area (TPSA) is 12.0 Å². The molecule has 0 aromatic carbocycles. The van der Waals surface area contributed by atoms with Crippen LogP contribution in [0.2, 0.25) is 5.02 Å². The van der Waals surface area contributed by atoms with Crippen molar-refractivity contribution in [1.29, 1.82) is 0 Å². The maximum absolute atomic E-state index is 6.21. The SMILES string of the molecule is CCCNC(CC(C)(C)C)c1sccc1Cl. The summed E-state index contributed by atoms with van der Waals surface area (Å²) in [6, 6.07) is 2.39. The normalized spacial score (nSPS) is 14.1. The zero-order valence-corrected chi connectivity index (χ0v) is 12.2. The molecule has 1 nitrogen and oxygen atoms in total. The van der Waals surface area contributed by atoms with Crippen molar-refractivity contribution in [2.45, 2.75) is 46.6 Å². The summed E-state index contributed by atoms with van der Waals surface area (Å²) in [6.45, 7) is 10.1. The second-order valence-electron chi connectivity index (χ2n) is 5.40. The van der Waals surface area contributed by atoms with Crippen LogP contribution in [0.15, 0.2) is 11.4 Å². The summed E-state index contributed by atoms with van der Waals surface area (Å²) < 4.78 is 0. The third kappa shape index (κ3) is 4.44. The number of hydrogen-bond donors (Lipinski definition) is 1. The number of hydrogen-bond acceptors (Lipinski definition) is 2. The van der Waals surface area contributed by atoms with E-state index < -0.39 is 0 Å². The van der Waals surface area contributed by atoms with Crippen molar-refractivity contribution in [3.05, 3.63) is 21.3 Å². The predicted octanol–water partition coefficient (Wildman–Crippen LogP) is 4.88. The Kier molecular flexibility index (Phi) is 5.29. The van der Waals surface area contributed by atoms with E-state index in [-0.39, 0.29) is 0 Å². The third-order valence-corrected chi connectivity index (χ3v) is 3.89. The summed E-state index contributed by atoms with van der Waals surface area (Å²) >= 11 is 7.97. The maximum atomic E-state index is 6.21. The van der Waals surface area contributed by atoms with Crippen LogP contribution in [0.4, 0.5) is 0 Å². The zero-order chi connectivity index (χ0) is 12.2. The molecule has 0 saturated carbocycles. The molecule has 92 valence electrons. The number of nitrogens with one attached hydrogen (secondary N) is 1. The molecule has 1 atom stereocenters. The Labute approximate surface area is 108 Å². The third-order valence-electron chi connectivity index (χ3n) is 2.42. The molecular formula is C13H22ClNS. The second-order valence-corrected chi connectivity index (χ2v) is 6.76. The molecule has 1 rings (SSSR count). The van der Waals surface area contributed by atoms with Gasteiger partial charge in [-0.3, -0.25) is 0 Å². The van der Waals surface area contributed by atoms with Crippen LogP contribution in [0.5, 0.6) is 0 Å². The van der Waals surface area contributed by atoms with Crippen LogP contribution in [0, 0.1) is 5.41 Å². The van der Waals surface area contributed by atoms with E-state index in [9.17, 15) is 0 Å². The Balaban J connectivity index is 2.75. The summed E-state index contributed by atoms with van der Waals surface area (Å²) in [6.07, 6.45) is 2.27. The lowest BCUT2D eigenvalue weighted by Gasteiger charge is -2.26. The minimum atomic E-state index is 0.318. The Morgan fingerprint density at radius 2 is 2.12 bits per heavy atom. The van der Waals surface area contributed by atoms with Crippen molar-refractivity contribution in [1.82, 2.24) is 5.32 Å². The molecule has 0 saturated heterocycles. The van der Waals surface area contributed by atoms with Gasteiger partial charge < -0.3 is 5.32 Å². The van der Waals surface area contributed by atoms with Crippen LogP contribution >= 0.6 is 22.9 Å². The maximum Gasteiger partial charge on any atom is 0.0561 e. The first-order valence-electron chi connectivity index (χ1n) is 5.90. The summed E-state index contributed by atoms with van der Waals surface area (Å²) in [5, 5.41) is 6.57.